The number of thiazole rings is 1. The van der Waals surface area contributed by atoms with E-state index in [0.717, 1.165) is 39.7 Å². The molecule has 1 amide bonds. The number of para-hydroxylation sites is 2. The van der Waals surface area contributed by atoms with Crippen LogP contribution in [0.5, 0.6) is 0 Å². The molecule has 5 rings (SSSR count). The first-order valence-corrected chi connectivity index (χ1v) is 10.8. The van der Waals surface area contributed by atoms with Crippen molar-refractivity contribution in [2.45, 2.75) is 13.3 Å². The molecule has 0 N–H and O–H groups in total. The molecule has 4 aromatic rings. The Kier molecular flexibility index (Phi) is 4.67. The van der Waals surface area contributed by atoms with E-state index in [-0.39, 0.29) is 12.3 Å². The van der Waals surface area contributed by atoms with E-state index in [2.05, 4.69) is 30.0 Å². The Hall–Kier alpha value is -3.32. The van der Waals surface area contributed by atoms with Crippen LogP contribution < -0.4 is 9.80 Å². The van der Waals surface area contributed by atoms with Crippen LogP contribution in [-0.4, -0.2) is 41.0 Å². The molecule has 7 heteroatoms. The number of aryl methyl sites for hydroxylation is 1. The SMILES string of the molecule is Cc1cccc(-c2nc(CC(=O)N3CCN(C)c4nc5ccccc5nc43)cs2)c1. The minimum atomic E-state index is -0.00461. The minimum Gasteiger partial charge on any atom is -0.355 e. The molecule has 1 aliphatic rings. The molecule has 0 spiro atoms. The third-order valence-corrected chi connectivity index (χ3v) is 6.20. The van der Waals surface area contributed by atoms with Crippen molar-refractivity contribution in [3.05, 3.63) is 65.2 Å². The van der Waals surface area contributed by atoms with Gasteiger partial charge in [0.15, 0.2) is 11.6 Å². The first-order chi connectivity index (χ1) is 14.6. The molecule has 3 heterocycles. The number of fused-ring (bicyclic) bond motifs is 2. The number of nitrogens with zero attached hydrogens (tertiary/aromatic N) is 5. The molecule has 1 aliphatic heterocycles. The molecule has 0 bridgehead atoms. The molecule has 0 saturated heterocycles. The van der Waals surface area contributed by atoms with E-state index in [1.807, 2.05) is 42.8 Å². The number of benzene rings is 2. The van der Waals surface area contributed by atoms with E-state index >= 15 is 0 Å². The van der Waals surface area contributed by atoms with Crippen molar-refractivity contribution in [2.24, 2.45) is 0 Å². The lowest BCUT2D eigenvalue weighted by Gasteiger charge is -2.33. The zero-order valence-electron chi connectivity index (χ0n) is 16.9. The number of amides is 1. The number of carbonyl (C=O) groups excluding carboxylic acids is 1. The molecular formula is C23H21N5OS. The van der Waals surface area contributed by atoms with Gasteiger partial charge in [-0.3, -0.25) is 9.69 Å². The van der Waals surface area contributed by atoms with Crippen molar-refractivity contribution < 1.29 is 4.79 Å². The lowest BCUT2D eigenvalue weighted by molar-refractivity contribution is -0.118. The maximum atomic E-state index is 13.2. The number of hydrogen-bond acceptors (Lipinski definition) is 6. The first kappa shape index (κ1) is 18.7. The van der Waals surface area contributed by atoms with Crippen molar-refractivity contribution in [1.29, 1.82) is 0 Å². The molecule has 2 aromatic heterocycles. The summed E-state index contributed by atoms with van der Waals surface area (Å²) in [6.07, 6.45) is 0.250. The van der Waals surface area contributed by atoms with Crippen LogP contribution in [0, 0.1) is 6.92 Å². The van der Waals surface area contributed by atoms with Gasteiger partial charge in [-0.1, -0.05) is 35.9 Å². The zero-order valence-corrected chi connectivity index (χ0v) is 17.7. The summed E-state index contributed by atoms with van der Waals surface area (Å²) in [5.74, 6) is 1.36. The third-order valence-electron chi connectivity index (χ3n) is 5.26. The molecule has 150 valence electrons. The Bertz CT molecular complexity index is 1250. The van der Waals surface area contributed by atoms with Gasteiger partial charge in [-0.15, -0.1) is 11.3 Å². The van der Waals surface area contributed by atoms with Gasteiger partial charge in [0, 0.05) is 31.1 Å². The van der Waals surface area contributed by atoms with Crippen LogP contribution in [0.15, 0.2) is 53.9 Å². The topological polar surface area (TPSA) is 62.2 Å². The molecule has 6 nitrogen and oxygen atoms in total. The maximum absolute atomic E-state index is 13.2. The molecule has 0 aliphatic carbocycles. The Labute approximate surface area is 178 Å². The molecule has 0 saturated carbocycles. The first-order valence-electron chi connectivity index (χ1n) is 9.88. The molecule has 0 atom stereocenters. The minimum absolute atomic E-state index is 0.00461. The summed E-state index contributed by atoms with van der Waals surface area (Å²) in [6, 6.07) is 16.0. The van der Waals surface area contributed by atoms with Crippen molar-refractivity contribution >= 4 is 39.9 Å². The van der Waals surface area contributed by atoms with E-state index in [0.29, 0.717) is 12.4 Å². The summed E-state index contributed by atoms with van der Waals surface area (Å²) < 4.78 is 0. The van der Waals surface area contributed by atoms with Gasteiger partial charge in [-0.25, -0.2) is 15.0 Å². The van der Waals surface area contributed by atoms with E-state index in [1.54, 1.807) is 16.2 Å². The maximum Gasteiger partial charge on any atom is 0.234 e. The van der Waals surface area contributed by atoms with Gasteiger partial charge >= 0.3 is 0 Å². The molecule has 0 radical (unpaired) electrons. The van der Waals surface area contributed by atoms with Crippen LogP contribution in [0.4, 0.5) is 11.6 Å². The van der Waals surface area contributed by atoms with Gasteiger partial charge < -0.3 is 4.90 Å². The summed E-state index contributed by atoms with van der Waals surface area (Å²) in [7, 11) is 1.98. The Balaban J connectivity index is 1.42. The Morgan fingerprint density at radius 1 is 1.00 bits per heavy atom. The van der Waals surface area contributed by atoms with Crippen LogP contribution in [0.2, 0.25) is 0 Å². The Morgan fingerprint density at radius 3 is 2.53 bits per heavy atom. The summed E-state index contributed by atoms with van der Waals surface area (Å²) in [5.41, 5.74) is 4.69. The van der Waals surface area contributed by atoms with Gasteiger partial charge in [0.2, 0.25) is 5.91 Å². The van der Waals surface area contributed by atoms with Gasteiger partial charge in [0.05, 0.1) is 23.1 Å². The van der Waals surface area contributed by atoms with Crippen LogP contribution in [0.1, 0.15) is 11.3 Å². The molecule has 0 unspecified atom stereocenters. The van der Waals surface area contributed by atoms with E-state index in [9.17, 15) is 4.79 Å². The highest BCUT2D eigenvalue weighted by Crippen LogP contribution is 2.31. The number of carbonyl (C=O) groups is 1. The molecule has 2 aromatic carbocycles. The lowest BCUT2D eigenvalue weighted by Crippen LogP contribution is -2.44. The van der Waals surface area contributed by atoms with Crippen LogP contribution in [-0.2, 0) is 11.2 Å². The summed E-state index contributed by atoms with van der Waals surface area (Å²) in [6.45, 7) is 3.37. The number of aromatic nitrogens is 3. The zero-order chi connectivity index (χ0) is 20.7. The average molecular weight is 416 g/mol. The monoisotopic (exact) mass is 415 g/mol. The summed E-state index contributed by atoms with van der Waals surface area (Å²) >= 11 is 1.57. The fourth-order valence-electron chi connectivity index (χ4n) is 3.67. The number of rotatable bonds is 3. The smallest absolute Gasteiger partial charge is 0.234 e. The van der Waals surface area contributed by atoms with Crippen molar-refractivity contribution in [3.63, 3.8) is 0 Å². The molecular weight excluding hydrogens is 394 g/mol. The predicted octanol–water partition coefficient (Wildman–Crippen LogP) is 4.09. The van der Waals surface area contributed by atoms with Gasteiger partial charge in [0.25, 0.3) is 0 Å². The number of anilines is 2. The van der Waals surface area contributed by atoms with Crippen molar-refractivity contribution in [3.8, 4) is 10.6 Å². The fourth-order valence-corrected chi connectivity index (χ4v) is 4.49. The second-order valence-corrected chi connectivity index (χ2v) is 8.37. The molecule has 0 fully saturated rings. The summed E-state index contributed by atoms with van der Waals surface area (Å²) in [5, 5.41) is 2.91. The number of hydrogen-bond donors (Lipinski definition) is 0. The van der Waals surface area contributed by atoms with E-state index < -0.39 is 0 Å². The predicted molar refractivity (Wildman–Crippen MR) is 121 cm³/mol. The van der Waals surface area contributed by atoms with Crippen molar-refractivity contribution in [1.82, 2.24) is 15.0 Å². The molecule has 30 heavy (non-hydrogen) atoms. The number of likely N-dealkylation sites (N-methyl/N-ethyl adjacent to an activating group) is 1. The highest BCUT2D eigenvalue weighted by molar-refractivity contribution is 7.13. The highest BCUT2D eigenvalue weighted by atomic mass is 32.1. The largest absolute Gasteiger partial charge is 0.355 e. The fraction of sp³-hybridized carbons (Fsp3) is 0.217. The second kappa shape index (κ2) is 7.50. The van der Waals surface area contributed by atoms with E-state index in [4.69, 9.17) is 15.0 Å². The van der Waals surface area contributed by atoms with Crippen LogP contribution >= 0.6 is 11.3 Å². The average Bonchev–Trinajstić information content (AvgIpc) is 3.21. The third kappa shape index (κ3) is 3.41. The second-order valence-electron chi connectivity index (χ2n) is 7.52. The van der Waals surface area contributed by atoms with E-state index in [1.165, 1.54) is 5.56 Å². The standard InChI is InChI=1S/C23H21N5OS/c1-15-6-5-7-16(12-15)23-24-17(14-30-23)13-20(29)28-11-10-27(2)21-22(28)26-19-9-4-3-8-18(19)25-21/h3-9,12,14H,10-11,13H2,1-2H3. The lowest BCUT2D eigenvalue weighted by atomic mass is 10.1. The van der Waals surface area contributed by atoms with Gasteiger partial charge in [-0.2, -0.15) is 0 Å². The summed E-state index contributed by atoms with van der Waals surface area (Å²) in [4.78, 5) is 31.2. The highest BCUT2D eigenvalue weighted by Gasteiger charge is 2.28. The van der Waals surface area contributed by atoms with Crippen LogP contribution in [0.3, 0.4) is 0 Å². The quantitative estimate of drug-likeness (QED) is 0.504. The van der Waals surface area contributed by atoms with Crippen LogP contribution in [0.25, 0.3) is 21.6 Å². The Morgan fingerprint density at radius 2 is 1.77 bits per heavy atom. The normalized spacial score (nSPS) is 13.5. The van der Waals surface area contributed by atoms with Crippen molar-refractivity contribution in [2.75, 3.05) is 29.9 Å². The van der Waals surface area contributed by atoms with Gasteiger partial charge in [0.1, 0.15) is 5.01 Å². The van der Waals surface area contributed by atoms with Gasteiger partial charge in [-0.05, 0) is 25.1 Å².